The van der Waals surface area contributed by atoms with Crippen LogP contribution in [0.2, 0.25) is 0 Å². The molecule has 0 saturated carbocycles. The first kappa shape index (κ1) is 66.9. The lowest BCUT2D eigenvalue weighted by molar-refractivity contribution is -0.870. The van der Waals surface area contributed by atoms with Gasteiger partial charge in [-0.1, -0.05) is 202 Å². The zero-order valence-electron chi connectivity index (χ0n) is 45.7. The Kier molecular flexibility index (Phi) is 47.3. The molecule has 0 aromatic heterocycles. The van der Waals surface area contributed by atoms with Crippen molar-refractivity contribution in [1.29, 1.82) is 0 Å². The number of hydrogen-bond donors (Lipinski definition) is 2. The SMILES string of the molecule is CC/C=C\C/C=C\C/C=C\C/C=C\C/C=C\CCCCCC(=O)OC(/C=C/CCCCCCCCCCC)C(COP(=O)(O)OCC[N+](C)(C)C)NC(=O)CCCCCCCCC/C=C/C/C=C/CC. The van der Waals surface area contributed by atoms with Gasteiger partial charge in [0.15, 0.2) is 0 Å². The van der Waals surface area contributed by atoms with Crippen molar-refractivity contribution in [3.8, 4) is 0 Å². The molecule has 10 heteroatoms. The Hall–Kier alpha value is -3.07. The molecule has 3 atom stereocenters. The smallest absolute Gasteiger partial charge is 0.456 e. The van der Waals surface area contributed by atoms with Crippen LogP contribution in [-0.2, 0) is 27.9 Å². The Morgan fingerprint density at radius 3 is 1.39 bits per heavy atom. The molecule has 1 amide bonds. The summed E-state index contributed by atoms with van der Waals surface area (Å²) in [4.78, 5) is 37.5. The number of carbonyl (C=O) groups is 2. The number of quaternary nitrogens is 1. The average Bonchev–Trinajstić information content (AvgIpc) is 3.32. The van der Waals surface area contributed by atoms with Gasteiger partial charge < -0.3 is 19.4 Å². The topological polar surface area (TPSA) is 111 Å². The van der Waals surface area contributed by atoms with Gasteiger partial charge in [-0.15, -0.1) is 0 Å². The summed E-state index contributed by atoms with van der Waals surface area (Å²) < 4.78 is 30.5. The number of likely N-dealkylation sites (N-methyl/N-ethyl adjacent to an activating group) is 1. The molecule has 0 aromatic rings. The highest BCUT2D eigenvalue weighted by Crippen LogP contribution is 2.43. The van der Waals surface area contributed by atoms with E-state index in [4.69, 9.17) is 13.8 Å². The third-order valence-corrected chi connectivity index (χ3v) is 12.8. The van der Waals surface area contributed by atoms with Crippen molar-refractivity contribution in [2.24, 2.45) is 0 Å². The minimum absolute atomic E-state index is 0.0282. The van der Waals surface area contributed by atoms with E-state index in [0.717, 1.165) is 116 Å². The van der Waals surface area contributed by atoms with Crippen LogP contribution in [0.4, 0.5) is 0 Å². The van der Waals surface area contributed by atoms with E-state index in [1.807, 2.05) is 33.3 Å². The van der Waals surface area contributed by atoms with E-state index >= 15 is 0 Å². The maximum atomic E-state index is 13.5. The second kappa shape index (κ2) is 49.5. The standard InChI is InChI=1S/C60H105N2O7P/c1-7-10-13-16-19-22-25-27-29-30-31-32-33-35-38-41-44-47-50-53-60(64)69-58(51-48-45-42-39-36-24-21-18-15-12-9-3)57(56-68-70(65,66)67-55-54-62(4,5)6)61-59(63)52-49-46-43-40-37-34-28-26-23-20-17-14-11-8-2/h10-11,13-14,19-20,22-23,27,29,31-32,35,38,48,51,57-58H,7-9,12,15-18,21,24-26,28,30,33-34,36-37,39-47,49-50,52-56H2,1-6H3,(H-,61,63,65,66)/p+1/b13-10-,14-11+,22-19-,23-20+,29-27-,32-31-,38-35-,51-48+. The molecule has 0 aliphatic rings. The lowest BCUT2D eigenvalue weighted by atomic mass is 10.1. The first-order valence-electron chi connectivity index (χ1n) is 28.1. The van der Waals surface area contributed by atoms with E-state index in [1.54, 1.807) is 0 Å². The summed E-state index contributed by atoms with van der Waals surface area (Å²) in [7, 11) is 1.46. The minimum Gasteiger partial charge on any atom is -0.456 e. The Bertz CT molecular complexity index is 1520. The number of unbranched alkanes of at least 4 members (excludes halogenated alkanes) is 19. The molecule has 0 aliphatic carbocycles. The molecule has 0 bridgehead atoms. The summed E-state index contributed by atoms with van der Waals surface area (Å²) in [6.45, 7) is 6.73. The zero-order chi connectivity index (χ0) is 51.5. The van der Waals surface area contributed by atoms with E-state index in [9.17, 15) is 19.0 Å². The van der Waals surface area contributed by atoms with E-state index in [1.165, 1.54) is 64.2 Å². The third-order valence-electron chi connectivity index (χ3n) is 11.8. The van der Waals surface area contributed by atoms with E-state index < -0.39 is 20.0 Å². The Balaban J connectivity index is 5.40. The van der Waals surface area contributed by atoms with Gasteiger partial charge in [-0.25, -0.2) is 4.57 Å². The molecule has 0 radical (unpaired) electrons. The van der Waals surface area contributed by atoms with Crippen molar-refractivity contribution < 1.29 is 37.3 Å². The van der Waals surface area contributed by atoms with Crippen molar-refractivity contribution >= 4 is 19.7 Å². The normalized spacial score (nSPS) is 14.6. The molecule has 402 valence electrons. The molecule has 0 fully saturated rings. The van der Waals surface area contributed by atoms with Gasteiger partial charge in [0, 0.05) is 12.8 Å². The van der Waals surface area contributed by atoms with Gasteiger partial charge in [-0.05, 0) is 102 Å². The van der Waals surface area contributed by atoms with Gasteiger partial charge in [-0.2, -0.15) is 0 Å². The van der Waals surface area contributed by atoms with Crippen LogP contribution in [0.25, 0.3) is 0 Å². The van der Waals surface area contributed by atoms with Crippen LogP contribution in [0.1, 0.15) is 220 Å². The highest BCUT2D eigenvalue weighted by Gasteiger charge is 2.30. The largest absolute Gasteiger partial charge is 0.472 e. The number of ether oxygens (including phenoxy) is 1. The monoisotopic (exact) mass is 998 g/mol. The van der Waals surface area contributed by atoms with Crippen molar-refractivity contribution in [2.75, 3.05) is 40.9 Å². The van der Waals surface area contributed by atoms with Crippen LogP contribution in [-0.4, -0.2) is 74.3 Å². The zero-order valence-corrected chi connectivity index (χ0v) is 46.6. The first-order chi connectivity index (χ1) is 33.9. The minimum atomic E-state index is -4.46. The van der Waals surface area contributed by atoms with Crippen LogP contribution in [0.15, 0.2) is 97.2 Å². The lowest BCUT2D eigenvalue weighted by Gasteiger charge is -2.27. The number of amides is 1. The highest BCUT2D eigenvalue weighted by molar-refractivity contribution is 7.47. The second-order valence-electron chi connectivity index (χ2n) is 19.7. The van der Waals surface area contributed by atoms with Gasteiger partial charge in [0.05, 0.1) is 33.8 Å². The van der Waals surface area contributed by atoms with Crippen LogP contribution < -0.4 is 5.32 Å². The fourth-order valence-electron chi connectivity index (χ4n) is 7.47. The second-order valence-corrected chi connectivity index (χ2v) is 21.1. The quantitative estimate of drug-likeness (QED) is 0.0205. The maximum absolute atomic E-state index is 13.5. The summed E-state index contributed by atoms with van der Waals surface area (Å²) in [6, 6.07) is -0.870. The third kappa shape index (κ3) is 49.9. The summed E-state index contributed by atoms with van der Waals surface area (Å²) in [5.74, 6) is -0.560. The molecule has 0 aromatic carbocycles. The summed E-state index contributed by atoms with van der Waals surface area (Å²) in [5.41, 5.74) is 0. The molecule has 70 heavy (non-hydrogen) atoms. The van der Waals surface area contributed by atoms with Gasteiger partial charge in [0.1, 0.15) is 19.3 Å². The molecular weight excluding hydrogens is 892 g/mol. The number of nitrogens with one attached hydrogen (secondary N) is 1. The number of rotatable bonds is 49. The van der Waals surface area contributed by atoms with Gasteiger partial charge in [0.25, 0.3) is 0 Å². The van der Waals surface area contributed by atoms with Crippen LogP contribution in [0.5, 0.6) is 0 Å². The van der Waals surface area contributed by atoms with Gasteiger partial charge in [0.2, 0.25) is 5.91 Å². The predicted octanol–water partition coefficient (Wildman–Crippen LogP) is 16.8. The predicted molar refractivity (Wildman–Crippen MR) is 300 cm³/mol. The Morgan fingerprint density at radius 2 is 0.914 bits per heavy atom. The van der Waals surface area contributed by atoms with Crippen molar-refractivity contribution in [2.45, 2.75) is 232 Å². The van der Waals surface area contributed by atoms with Crippen LogP contribution in [0.3, 0.4) is 0 Å². The summed E-state index contributed by atoms with van der Waals surface area (Å²) >= 11 is 0. The molecule has 9 nitrogen and oxygen atoms in total. The fourth-order valence-corrected chi connectivity index (χ4v) is 8.21. The Morgan fingerprint density at radius 1 is 0.514 bits per heavy atom. The highest BCUT2D eigenvalue weighted by atomic mass is 31.2. The van der Waals surface area contributed by atoms with Gasteiger partial charge in [-0.3, -0.25) is 18.6 Å². The maximum Gasteiger partial charge on any atom is 0.472 e. The molecule has 2 N–H and O–H groups in total. The Labute approximate surface area is 430 Å². The van der Waals surface area contributed by atoms with E-state index in [-0.39, 0.29) is 31.5 Å². The molecule has 3 unspecified atom stereocenters. The van der Waals surface area contributed by atoms with Crippen LogP contribution >= 0.6 is 7.82 Å². The number of hydrogen-bond acceptors (Lipinski definition) is 6. The average molecular weight is 998 g/mol. The first-order valence-corrected chi connectivity index (χ1v) is 29.6. The number of allylic oxidation sites excluding steroid dienone is 15. The molecule has 0 aliphatic heterocycles. The number of phosphoric acid groups is 1. The fraction of sp³-hybridized carbons (Fsp3) is 0.700. The van der Waals surface area contributed by atoms with Gasteiger partial charge >= 0.3 is 13.8 Å². The molecule has 0 saturated heterocycles. The summed E-state index contributed by atoms with van der Waals surface area (Å²) in [6.07, 6.45) is 65.5. The number of nitrogens with zero attached hydrogens (tertiary/aromatic N) is 1. The molecular formula is C60H106N2O7P+. The number of phosphoric ester groups is 1. The van der Waals surface area contributed by atoms with E-state index in [0.29, 0.717) is 23.9 Å². The molecule has 0 heterocycles. The lowest BCUT2D eigenvalue weighted by Crippen LogP contribution is -2.47. The van der Waals surface area contributed by atoms with E-state index in [2.05, 4.69) is 111 Å². The molecule has 0 rings (SSSR count). The van der Waals surface area contributed by atoms with Crippen molar-refractivity contribution in [1.82, 2.24) is 5.32 Å². The summed E-state index contributed by atoms with van der Waals surface area (Å²) in [5, 5.41) is 3.03. The molecule has 0 spiro atoms. The van der Waals surface area contributed by atoms with Crippen molar-refractivity contribution in [3.05, 3.63) is 97.2 Å². The number of carbonyl (C=O) groups excluding carboxylic acids is 2. The number of esters is 1. The van der Waals surface area contributed by atoms with Crippen molar-refractivity contribution in [3.63, 3.8) is 0 Å². The van der Waals surface area contributed by atoms with Crippen LogP contribution in [0, 0.1) is 0 Å².